The van der Waals surface area contributed by atoms with Crippen molar-refractivity contribution >= 4 is 11.9 Å². The molecule has 6 nitrogen and oxygen atoms in total. The molecule has 0 aromatic rings. The number of amides is 1. The molecule has 0 heterocycles. The molecule has 85 heavy (non-hydrogen) atoms. The first kappa shape index (κ1) is 83.6. The number of allylic oxidation sites excluding steroid dienone is 1. The number of hydrogen-bond acceptors (Lipinski definition) is 5. The van der Waals surface area contributed by atoms with Crippen molar-refractivity contribution in [3.63, 3.8) is 0 Å². The van der Waals surface area contributed by atoms with Crippen molar-refractivity contribution in [2.24, 2.45) is 0 Å². The van der Waals surface area contributed by atoms with Gasteiger partial charge in [0.25, 0.3) is 0 Å². The SMILES string of the molecule is CCCCCCCCCCCCCCCCCCCCC/C=C/C(O)C(CO)NC(=O)CCCCCCCCCCCCCCCCCCCCCCCCCCCCCCCCOC(=O)CCCCCCCCCCCCCCCCCCC. The van der Waals surface area contributed by atoms with E-state index in [2.05, 4.69) is 19.2 Å². The predicted octanol–water partition coefficient (Wildman–Crippen LogP) is 25.9. The maximum atomic E-state index is 12.5. The topological polar surface area (TPSA) is 95.9 Å². The van der Waals surface area contributed by atoms with Crippen LogP contribution >= 0.6 is 0 Å². The van der Waals surface area contributed by atoms with Crippen LogP contribution in [0.4, 0.5) is 0 Å². The van der Waals surface area contributed by atoms with Crippen LogP contribution in [0.3, 0.4) is 0 Å². The molecule has 0 fully saturated rings. The largest absolute Gasteiger partial charge is 0.466 e. The van der Waals surface area contributed by atoms with E-state index in [4.69, 9.17) is 4.74 Å². The monoisotopic (exact) mass is 1200 g/mol. The molecular formula is C79H155NO5. The minimum absolute atomic E-state index is 0.0251. The first-order valence-corrected chi connectivity index (χ1v) is 39.5. The van der Waals surface area contributed by atoms with Crippen molar-refractivity contribution in [2.75, 3.05) is 13.2 Å². The highest BCUT2D eigenvalue weighted by atomic mass is 16.5. The predicted molar refractivity (Wildman–Crippen MR) is 375 cm³/mol. The van der Waals surface area contributed by atoms with Crippen LogP contribution in [0.1, 0.15) is 457 Å². The Kier molecular flexibility index (Phi) is 73.8. The van der Waals surface area contributed by atoms with E-state index >= 15 is 0 Å². The van der Waals surface area contributed by atoms with Gasteiger partial charge in [0.2, 0.25) is 5.91 Å². The van der Waals surface area contributed by atoms with Crippen molar-refractivity contribution in [3.8, 4) is 0 Å². The van der Waals surface area contributed by atoms with E-state index in [1.54, 1.807) is 6.08 Å². The van der Waals surface area contributed by atoms with Gasteiger partial charge in [0.1, 0.15) is 0 Å². The van der Waals surface area contributed by atoms with E-state index in [0.29, 0.717) is 19.4 Å². The van der Waals surface area contributed by atoms with Gasteiger partial charge in [0, 0.05) is 12.8 Å². The lowest BCUT2D eigenvalue weighted by molar-refractivity contribution is -0.143. The fourth-order valence-electron chi connectivity index (χ4n) is 12.8. The Balaban J connectivity index is 3.34. The number of nitrogens with one attached hydrogen (secondary N) is 1. The summed E-state index contributed by atoms with van der Waals surface area (Å²) < 4.78 is 5.52. The standard InChI is InChI=1S/C79H155NO5/c1-3-5-7-9-11-13-15-17-19-21-22-33-36-40-43-47-51-55-59-63-67-71-77(82)76(75-81)80-78(83)72-68-64-60-56-52-48-44-41-37-34-31-29-27-25-23-24-26-28-30-32-35-38-42-46-50-54-58-62-66-70-74-85-79(84)73-69-65-61-57-53-49-45-39-20-18-16-14-12-10-8-6-4-2/h67,71,76-77,81-82H,3-66,68-70,72-75H2,1-2H3,(H,80,83)/b71-67+. The fourth-order valence-corrected chi connectivity index (χ4v) is 12.8. The zero-order chi connectivity index (χ0) is 61.3. The van der Waals surface area contributed by atoms with Crippen LogP contribution in [0.25, 0.3) is 0 Å². The summed E-state index contributed by atoms with van der Waals surface area (Å²) in [5.41, 5.74) is 0. The molecule has 0 saturated carbocycles. The second kappa shape index (κ2) is 75.1. The van der Waals surface area contributed by atoms with E-state index < -0.39 is 12.1 Å². The van der Waals surface area contributed by atoms with Gasteiger partial charge in [-0.2, -0.15) is 0 Å². The molecule has 0 spiro atoms. The fraction of sp³-hybridized carbons (Fsp3) is 0.949. The summed E-state index contributed by atoms with van der Waals surface area (Å²) in [6, 6.07) is -0.625. The number of aliphatic hydroxyl groups is 2. The summed E-state index contributed by atoms with van der Waals surface area (Å²) in [5, 5.41) is 23.3. The summed E-state index contributed by atoms with van der Waals surface area (Å²) >= 11 is 0. The summed E-state index contributed by atoms with van der Waals surface area (Å²) in [6.45, 7) is 4.97. The van der Waals surface area contributed by atoms with E-state index in [1.165, 1.54) is 392 Å². The minimum Gasteiger partial charge on any atom is -0.466 e. The van der Waals surface area contributed by atoms with E-state index in [-0.39, 0.29) is 18.5 Å². The maximum absolute atomic E-state index is 12.5. The molecule has 0 bridgehead atoms. The van der Waals surface area contributed by atoms with Crippen LogP contribution in [0, 0.1) is 0 Å². The Labute approximate surface area is 533 Å². The molecule has 0 aliphatic rings. The lowest BCUT2D eigenvalue weighted by atomic mass is 10.0. The molecule has 2 atom stereocenters. The van der Waals surface area contributed by atoms with Crippen LogP contribution < -0.4 is 5.32 Å². The molecule has 0 radical (unpaired) electrons. The van der Waals surface area contributed by atoms with Crippen molar-refractivity contribution in [3.05, 3.63) is 12.2 Å². The number of carbonyl (C=O) groups excluding carboxylic acids is 2. The number of aliphatic hydroxyl groups excluding tert-OH is 2. The number of carbonyl (C=O) groups is 2. The molecule has 6 heteroatoms. The van der Waals surface area contributed by atoms with Gasteiger partial charge in [-0.05, 0) is 32.1 Å². The van der Waals surface area contributed by atoms with Crippen LogP contribution in [0.15, 0.2) is 12.2 Å². The number of esters is 1. The third-order valence-corrected chi connectivity index (χ3v) is 18.8. The Morgan fingerprint density at radius 1 is 0.318 bits per heavy atom. The van der Waals surface area contributed by atoms with Gasteiger partial charge in [0.15, 0.2) is 0 Å². The third kappa shape index (κ3) is 71.6. The molecule has 2 unspecified atom stereocenters. The summed E-state index contributed by atoms with van der Waals surface area (Å²) in [6.07, 6.45) is 94.7. The molecule has 506 valence electrons. The molecule has 0 aromatic carbocycles. The average Bonchev–Trinajstić information content (AvgIpc) is 3.51. The Morgan fingerprint density at radius 3 is 0.800 bits per heavy atom. The summed E-state index contributed by atoms with van der Waals surface area (Å²) in [5.74, 6) is -0.0338. The van der Waals surface area contributed by atoms with Crippen molar-refractivity contribution in [1.29, 1.82) is 0 Å². The number of unbranched alkanes of at least 4 members (excludes halogenated alkanes) is 64. The molecule has 3 N–H and O–H groups in total. The maximum Gasteiger partial charge on any atom is 0.305 e. The molecule has 0 aliphatic heterocycles. The Hall–Kier alpha value is -1.40. The van der Waals surface area contributed by atoms with E-state index in [0.717, 1.165) is 38.5 Å². The minimum atomic E-state index is -0.842. The first-order valence-electron chi connectivity index (χ1n) is 39.5. The lowest BCUT2D eigenvalue weighted by Gasteiger charge is -2.20. The van der Waals surface area contributed by atoms with E-state index in [9.17, 15) is 19.8 Å². The highest BCUT2D eigenvalue weighted by Crippen LogP contribution is 2.20. The molecular weight excluding hydrogens is 1040 g/mol. The first-order chi connectivity index (χ1) is 42.0. The van der Waals surface area contributed by atoms with Gasteiger partial charge in [-0.1, -0.05) is 424 Å². The molecule has 0 saturated heterocycles. The van der Waals surface area contributed by atoms with Crippen LogP contribution in [-0.4, -0.2) is 47.4 Å². The normalized spacial score (nSPS) is 12.5. The van der Waals surface area contributed by atoms with Gasteiger partial charge < -0.3 is 20.3 Å². The summed E-state index contributed by atoms with van der Waals surface area (Å²) in [4.78, 5) is 24.7. The zero-order valence-electron chi connectivity index (χ0n) is 58.1. The molecule has 0 rings (SSSR count). The third-order valence-electron chi connectivity index (χ3n) is 18.8. The number of rotatable bonds is 75. The number of hydrogen-bond donors (Lipinski definition) is 3. The van der Waals surface area contributed by atoms with Crippen molar-refractivity contribution < 1.29 is 24.5 Å². The quantitative estimate of drug-likeness (QED) is 0.0320. The highest BCUT2D eigenvalue weighted by molar-refractivity contribution is 5.76. The Morgan fingerprint density at radius 2 is 0.541 bits per heavy atom. The smallest absolute Gasteiger partial charge is 0.305 e. The highest BCUT2D eigenvalue weighted by Gasteiger charge is 2.18. The zero-order valence-corrected chi connectivity index (χ0v) is 58.1. The second-order valence-electron chi connectivity index (χ2n) is 27.4. The second-order valence-corrected chi connectivity index (χ2v) is 27.4. The lowest BCUT2D eigenvalue weighted by Crippen LogP contribution is -2.45. The van der Waals surface area contributed by atoms with Gasteiger partial charge in [-0.3, -0.25) is 9.59 Å². The van der Waals surface area contributed by atoms with Crippen molar-refractivity contribution in [1.82, 2.24) is 5.32 Å². The average molecular weight is 1200 g/mol. The van der Waals surface area contributed by atoms with Gasteiger partial charge >= 0.3 is 5.97 Å². The summed E-state index contributed by atoms with van der Waals surface area (Å²) in [7, 11) is 0. The molecule has 0 aliphatic carbocycles. The number of ether oxygens (including phenoxy) is 1. The van der Waals surface area contributed by atoms with Crippen molar-refractivity contribution in [2.45, 2.75) is 469 Å². The van der Waals surface area contributed by atoms with Gasteiger partial charge in [-0.25, -0.2) is 0 Å². The molecule has 1 amide bonds. The van der Waals surface area contributed by atoms with Crippen LogP contribution in [0.2, 0.25) is 0 Å². The van der Waals surface area contributed by atoms with Gasteiger partial charge in [0.05, 0.1) is 25.4 Å². The van der Waals surface area contributed by atoms with Crippen LogP contribution in [0.5, 0.6) is 0 Å². The van der Waals surface area contributed by atoms with Crippen LogP contribution in [-0.2, 0) is 14.3 Å². The Bertz CT molecular complexity index is 1290. The van der Waals surface area contributed by atoms with Gasteiger partial charge in [-0.15, -0.1) is 0 Å². The molecule has 0 aromatic heterocycles. The van der Waals surface area contributed by atoms with E-state index in [1.807, 2.05) is 6.08 Å².